The number of halogens is 2. The first kappa shape index (κ1) is 31.0. The third kappa shape index (κ3) is 6.41. The molecule has 0 atom stereocenters. The van der Waals surface area contributed by atoms with Crippen LogP contribution in [0.2, 0.25) is 10.0 Å². The number of hydrogen-bond acceptors (Lipinski definition) is 8. The van der Waals surface area contributed by atoms with Crippen LogP contribution in [0.3, 0.4) is 0 Å². The topological polar surface area (TPSA) is 82.1 Å². The number of fused-ring (bicyclic) bond motifs is 2. The fourth-order valence-corrected chi connectivity index (χ4v) is 7.44. The van der Waals surface area contributed by atoms with Gasteiger partial charge >= 0.3 is 0 Å². The van der Waals surface area contributed by atoms with Crippen molar-refractivity contribution in [2.75, 3.05) is 36.8 Å². The van der Waals surface area contributed by atoms with E-state index in [1.165, 1.54) is 36.8 Å². The van der Waals surface area contributed by atoms with Crippen LogP contribution in [0.5, 0.6) is 0 Å². The first-order chi connectivity index (χ1) is 23.6. The van der Waals surface area contributed by atoms with E-state index in [1.807, 2.05) is 60.9 Å². The van der Waals surface area contributed by atoms with E-state index in [9.17, 15) is 0 Å². The SMILES string of the molecule is Clc1c(Nc2nccc3cc(CN4CCCC4)cnc23)cccc1-c1cccc(Nc2nccc3cc(CN4CCCC4)cnc23)c1Cl. The quantitative estimate of drug-likeness (QED) is 0.157. The molecule has 6 heterocycles. The number of benzene rings is 2. The molecule has 0 radical (unpaired) electrons. The molecule has 0 aliphatic carbocycles. The number of nitrogens with one attached hydrogen (secondary N) is 2. The Morgan fingerprint density at radius 1 is 0.562 bits per heavy atom. The predicted molar refractivity (Wildman–Crippen MR) is 197 cm³/mol. The van der Waals surface area contributed by atoms with Crippen molar-refractivity contribution in [1.82, 2.24) is 29.7 Å². The molecule has 242 valence electrons. The lowest BCUT2D eigenvalue weighted by Crippen LogP contribution is -2.18. The maximum absolute atomic E-state index is 7.08. The molecular formula is C38H36Cl2N8. The van der Waals surface area contributed by atoms with E-state index in [2.05, 4.69) is 42.5 Å². The van der Waals surface area contributed by atoms with Gasteiger partial charge in [-0.05, 0) is 99.4 Å². The Balaban J connectivity index is 1.05. The summed E-state index contributed by atoms with van der Waals surface area (Å²) < 4.78 is 0. The lowest BCUT2D eigenvalue weighted by Gasteiger charge is -2.17. The van der Waals surface area contributed by atoms with Crippen molar-refractivity contribution >= 4 is 68.0 Å². The van der Waals surface area contributed by atoms with Gasteiger partial charge in [0.25, 0.3) is 0 Å². The number of aromatic nitrogens is 4. The van der Waals surface area contributed by atoms with Gasteiger partial charge in [0.05, 0.1) is 21.4 Å². The predicted octanol–water partition coefficient (Wildman–Crippen LogP) is 9.23. The van der Waals surface area contributed by atoms with E-state index in [-0.39, 0.29) is 0 Å². The van der Waals surface area contributed by atoms with E-state index in [1.54, 1.807) is 12.4 Å². The molecule has 2 aliphatic heterocycles. The summed E-state index contributed by atoms with van der Waals surface area (Å²) >= 11 is 14.2. The van der Waals surface area contributed by atoms with E-state index in [4.69, 9.17) is 33.2 Å². The van der Waals surface area contributed by atoms with Crippen LogP contribution in [0.1, 0.15) is 36.8 Å². The van der Waals surface area contributed by atoms with Gasteiger partial charge in [-0.3, -0.25) is 19.8 Å². The molecule has 0 saturated carbocycles. The van der Waals surface area contributed by atoms with Gasteiger partial charge in [-0.2, -0.15) is 0 Å². The average molecular weight is 676 g/mol. The molecule has 2 aromatic carbocycles. The van der Waals surface area contributed by atoms with Crippen molar-refractivity contribution < 1.29 is 0 Å². The molecule has 6 aromatic rings. The zero-order valence-electron chi connectivity index (χ0n) is 26.6. The molecule has 0 spiro atoms. The van der Waals surface area contributed by atoms with Crippen molar-refractivity contribution in [2.24, 2.45) is 0 Å². The van der Waals surface area contributed by atoms with Crippen LogP contribution in [-0.2, 0) is 13.1 Å². The lowest BCUT2D eigenvalue weighted by atomic mass is 10.0. The maximum Gasteiger partial charge on any atom is 0.156 e. The van der Waals surface area contributed by atoms with Gasteiger partial charge in [0, 0.05) is 59.8 Å². The molecular weight excluding hydrogens is 639 g/mol. The standard InChI is InChI=1S/C38H36Cl2N8/c39-33-29(7-5-9-31(33)45-37-35-27(11-13-41-37)19-25(21-43-35)23-47-15-1-2-16-47)30-8-6-10-32(34(30)40)46-38-36-28(12-14-42-38)20-26(22-44-36)24-48-17-3-4-18-48/h5-14,19-22H,1-4,15-18,23-24H2,(H,41,45)(H,42,46). The molecule has 4 aromatic heterocycles. The summed E-state index contributed by atoms with van der Waals surface area (Å²) in [7, 11) is 0. The second-order valence-electron chi connectivity index (χ2n) is 12.7. The highest BCUT2D eigenvalue weighted by molar-refractivity contribution is 6.39. The molecule has 8 rings (SSSR count). The van der Waals surface area contributed by atoms with Crippen LogP contribution >= 0.6 is 23.2 Å². The van der Waals surface area contributed by atoms with Crippen LogP contribution in [0.25, 0.3) is 32.9 Å². The third-order valence-corrected chi connectivity index (χ3v) is 10.1. The van der Waals surface area contributed by atoms with Crippen LogP contribution in [0.4, 0.5) is 23.0 Å². The summed E-state index contributed by atoms with van der Waals surface area (Å²) in [5, 5.41) is 10.0. The highest BCUT2D eigenvalue weighted by atomic mass is 35.5. The monoisotopic (exact) mass is 674 g/mol. The van der Waals surface area contributed by atoms with Crippen LogP contribution in [-0.4, -0.2) is 55.9 Å². The Morgan fingerprint density at radius 3 is 1.44 bits per heavy atom. The molecule has 8 nitrogen and oxygen atoms in total. The zero-order chi connectivity index (χ0) is 32.5. The van der Waals surface area contributed by atoms with Crippen molar-refractivity contribution in [3.63, 3.8) is 0 Å². The zero-order valence-corrected chi connectivity index (χ0v) is 28.1. The average Bonchev–Trinajstić information content (AvgIpc) is 3.82. The molecule has 2 aliphatic rings. The van der Waals surface area contributed by atoms with Crippen LogP contribution in [0.15, 0.2) is 85.5 Å². The Hall–Kier alpha value is -4.34. The molecule has 0 unspecified atom stereocenters. The summed E-state index contributed by atoms with van der Waals surface area (Å²) in [6.07, 6.45) is 12.6. The minimum atomic E-state index is 0.538. The Bertz CT molecular complexity index is 1960. The number of nitrogens with zero attached hydrogens (tertiary/aromatic N) is 6. The molecule has 0 bridgehead atoms. The normalized spacial score (nSPS) is 15.5. The van der Waals surface area contributed by atoms with Gasteiger partial charge in [-0.25, -0.2) is 9.97 Å². The number of rotatable bonds is 9. The van der Waals surface area contributed by atoms with Crippen molar-refractivity contribution in [3.05, 3.63) is 107 Å². The Kier molecular flexibility index (Phi) is 8.80. The summed E-state index contributed by atoms with van der Waals surface area (Å²) in [5.41, 5.74) is 7.05. The van der Waals surface area contributed by atoms with Crippen molar-refractivity contribution in [2.45, 2.75) is 38.8 Å². The lowest BCUT2D eigenvalue weighted by molar-refractivity contribution is 0.331. The Morgan fingerprint density at radius 2 is 1.00 bits per heavy atom. The number of likely N-dealkylation sites (tertiary alicyclic amines) is 2. The first-order valence-electron chi connectivity index (χ1n) is 16.6. The fraction of sp³-hybridized carbons (Fsp3) is 0.263. The van der Waals surface area contributed by atoms with Gasteiger partial charge in [-0.1, -0.05) is 47.5 Å². The molecule has 2 N–H and O–H groups in total. The third-order valence-electron chi connectivity index (χ3n) is 9.32. The maximum atomic E-state index is 7.08. The Labute approximate surface area is 290 Å². The minimum Gasteiger partial charge on any atom is -0.337 e. The van der Waals surface area contributed by atoms with E-state index >= 15 is 0 Å². The fourth-order valence-electron chi connectivity index (χ4n) is 6.89. The largest absolute Gasteiger partial charge is 0.337 e. The van der Waals surface area contributed by atoms with Crippen molar-refractivity contribution in [3.8, 4) is 11.1 Å². The molecule has 48 heavy (non-hydrogen) atoms. The van der Waals surface area contributed by atoms with Gasteiger partial charge in [0.2, 0.25) is 0 Å². The second-order valence-corrected chi connectivity index (χ2v) is 13.5. The van der Waals surface area contributed by atoms with Gasteiger partial charge < -0.3 is 10.6 Å². The summed E-state index contributed by atoms with van der Waals surface area (Å²) in [4.78, 5) is 23.8. The van der Waals surface area contributed by atoms with Crippen LogP contribution < -0.4 is 10.6 Å². The summed E-state index contributed by atoms with van der Waals surface area (Å²) in [6.45, 7) is 6.44. The molecule has 10 heteroatoms. The smallest absolute Gasteiger partial charge is 0.156 e. The highest BCUT2D eigenvalue weighted by Gasteiger charge is 2.18. The summed E-state index contributed by atoms with van der Waals surface area (Å²) in [5.74, 6) is 1.30. The number of pyridine rings is 4. The van der Waals surface area contributed by atoms with E-state index < -0.39 is 0 Å². The summed E-state index contributed by atoms with van der Waals surface area (Å²) in [6, 6.07) is 20.2. The van der Waals surface area contributed by atoms with E-state index in [0.29, 0.717) is 21.7 Å². The molecule has 2 saturated heterocycles. The minimum absolute atomic E-state index is 0.538. The van der Waals surface area contributed by atoms with E-state index in [0.717, 1.165) is 83.6 Å². The second kappa shape index (κ2) is 13.6. The van der Waals surface area contributed by atoms with Crippen LogP contribution in [0, 0.1) is 0 Å². The van der Waals surface area contributed by atoms with Gasteiger partial charge in [0.1, 0.15) is 11.0 Å². The molecule has 2 fully saturated rings. The number of anilines is 4. The van der Waals surface area contributed by atoms with Crippen molar-refractivity contribution in [1.29, 1.82) is 0 Å². The van der Waals surface area contributed by atoms with Gasteiger partial charge in [-0.15, -0.1) is 0 Å². The van der Waals surface area contributed by atoms with Gasteiger partial charge in [0.15, 0.2) is 11.6 Å². The highest BCUT2D eigenvalue weighted by Crippen LogP contribution is 2.42. The molecule has 0 amide bonds. The number of hydrogen-bond donors (Lipinski definition) is 2. The first-order valence-corrected chi connectivity index (χ1v) is 17.4.